The topological polar surface area (TPSA) is 141 Å². The number of ether oxygens (including phenoxy) is 1. The van der Waals surface area contributed by atoms with Gasteiger partial charge < -0.3 is 25.5 Å². The Balaban J connectivity index is 1.35. The number of hydrogen-bond donors (Lipinski definition) is 3. The summed E-state index contributed by atoms with van der Waals surface area (Å²) in [7, 11) is 2.01. The Hall–Kier alpha value is -4.47. The predicted octanol–water partition coefficient (Wildman–Crippen LogP) is 4.78. The van der Waals surface area contributed by atoms with E-state index < -0.39 is 6.09 Å². The van der Waals surface area contributed by atoms with E-state index in [1.807, 2.05) is 31.3 Å². The van der Waals surface area contributed by atoms with Crippen molar-refractivity contribution in [3.8, 4) is 22.9 Å². The molecule has 0 saturated heterocycles. The van der Waals surface area contributed by atoms with Gasteiger partial charge in [0.05, 0.1) is 11.1 Å². The molecule has 1 amide bonds. The molecule has 188 valence electrons. The van der Waals surface area contributed by atoms with Gasteiger partial charge in [-0.1, -0.05) is 18.2 Å². The van der Waals surface area contributed by atoms with Crippen LogP contribution in [0.3, 0.4) is 0 Å². The number of aromatic nitrogens is 5. The number of nitrogens with one attached hydrogen (secondary N) is 1. The van der Waals surface area contributed by atoms with E-state index in [1.54, 1.807) is 18.5 Å². The van der Waals surface area contributed by atoms with Crippen molar-refractivity contribution in [2.75, 3.05) is 5.73 Å². The first-order valence-electron chi connectivity index (χ1n) is 12.3. The van der Waals surface area contributed by atoms with E-state index in [1.165, 1.54) is 11.9 Å². The quantitative estimate of drug-likeness (QED) is 0.358. The molecule has 0 bridgehead atoms. The van der Waals surface area contributed by atoms with Gasteiger partial charge in [-0.2, -0.15) is 0 Å². The number of anilines is 1. The minimum absolute atomic E-state index is 0.0535. The second kappa shape index (κ2) is 8.88. The Morgan fingerprint density at radius 3 is 2.59 bits per heavy atom. The summed E-state index contributed by atoms with van der Waals surface area (Å²) in [4.78, 5) is 28.1. The number of nitrogen functional groups attached to an aromatic ring is 1. The van der Waals surface area contributed by atoms with Crippen LogP contribution in [0, 0.1) is 5.41 Å². The highest BCUT2D eigenvalue weighted by molar-refractivity contribution is 6.06. The van der Waals surface area contributed by atoms with Gasteiger partial charge in [-0.25, -0.2) is 24.7 Å². The fourth-order valence-electron chi connectivity index (χ4n) is 5.86. The minimum atomic E-state index is -0.946. The lowest BCUT2D eigenvalue weighted by Crippen LogP contribution is -2.50. The second-order valence-corrected chi connectivity index (χ2v) is 9.89. The molecule has 10 heteroatoms. The van der Waals surface area contributed by atoms with Crippen LogP contribution in [0.25, 0.3) is 27.7 Å². The number of aryl methyl sites for hydroxylation is 1. The molecule has 6 rings (SSSR count). The largest absolute Gasteiger partial charge is 0.465 e. The summed E-state index contributed by atoms with van der Waals surface area (Å²) in [5.74, 6) is 1.07. The van der Waals surface area contributed by atoms with Gasteiger partial charge in [0.15, 0.2) is 0 Å². The summed E-state index contributed by atoms with van der Waals surface area (Å²) < 4.78 is 7.88. The maximum absolute atomic E-state index is 11.0. The van der Waals surface area contributed by atoms with Gasteiger partial charge in [-0.15, -0.1) is 0 Å². The van der Waals surface area contributed by atoms with Gasteiger partial charge in [-0.3, -0.25) is 0 Å². The van der Waals surface area contributed by atoms with Gasteiger partial charge in [0.25, 0.3) is 0 Å². The van der Waals surface area contributed by atoms with E-state index in [4.69, 9.17) is 15.6 Å². The summed E-state index contributed by atoms with van der Waals surface area (Å²) in [5, 5.41) is 12.5. The number of nitrogens with zero attached hydrogens (tertiary/aromatic N) is 5. The Kier molecular flexibility index (Phi) is 5.51. The number of carbonyl (C=O) groups is 1. The summed E-state index contributed by atoms with van der Waals surface area (Å²) in [6.07, 6.45) is 10.7. The van der Waals surface area contributed by atoms with Crippen molar-refractivity contribution in [1.29, 1.82) is 0 Å². The van der Waals surface area contributed by atoms with Gasteiger partial charge >= 0.3 is 12.1 Å². The highest BCUT2D eigenvalue weighted by Crippen LogP contribution is 2.53. The molecule has 3 heterocycles. The van der Waals surface area contributed by atoms with Crippen molar-refractivity contribution in [3.05, 3.63) is 60.8 Å². The van der Waals surface area contributed by atoms with Crippen LogP contribution in [0.15, 0.2) is 55.1 Å². The Bertz CT molecular complexity index is 1510. The fraction of sp³-hybridized carbons (Fsp3) is 0.296. The standard InChI is InChI=1S/C27H27N7O3/c1-34-22(17-7-9-27(10-8-17)13-18(14-27)33-26(35)36)20(21-23(28)31-15-32-24(21)34)16-3-5-19(6-4-16)37-25-29-11-2-12-30-25/h2-7,11-12,15,18,33H,8-10,13-14H2,1H3,(H,35,36)(H2,28,31,32). The lowest BCUT2D eigenvalue weighted by Gasteiger charge is -2.49. The molecular weight excluding hydrogens is 470 g/mol. The number of hydrogen-bond acceptors (Lipinski definition) is 7. The molecule has 2 aliphatic carbocycles. The molecule has 4 aromatic rings. The smallest absolute Gasteiger partial charge is 0.404 e. The predicted molar refractivity (Wildman–Crippen MR) is 139 cm³/mol. The van der Waals surface area contributed by atoms with E-state index in [-0.39, 0.29) is 17.5 Å². The van der Waals surface area contributed by atoms with Gasteiger partial charge in [0.2, 0.25) is 0 Å². The van der Waals surface area contributed by atoms with Crippen molar-refractivity contribution in [2.24, 2.45) is 12.5 Å². The molecule has 1 aromatic carbocycles. The van der Waals surface area contributed by atoms with Crippen molar-refractivity contribution >= 4 is 28.5 Å². The minimum Gasteiger partial charge on any atom is -0.465 e. The third-order valence-corrected chi connectivity index (χ3v) is 7.59. The molecule has 4 N–H and O–H groups in total. The number of carboxylic acid groups (broad SMARTS) is 1. The second-order valence-electron chi connectivity index (χ2n) is 9.89. The van der Waals surface area contributed by atoms with Crippen LogP contribution in [0.1, 0.15) is 37.8 Å². The molecule has 0 unspecified atom stereocenters. The van der Waals surface area contributed by atoms with E-state index in [0.29, 0.717) is 11.6 Å². The zero-order chi connectivity index (χ0) is 25.6. The normalized spacial score (nSPS) is 20.9. The highest BCUT2D eigenvalue weighted by Gasteiger charge is 2.45. The maximum Gasteiger partial charge on any atom is 0.404 e. The number of rotatable bonds is 5. The van der Waals surface area contributed by atoms with Crippen molar-refractivity contribution in [1.82, 2.24) is 29.8 Å². The van der Waals surface area contributed by atoms with Crippen LogP contribution in [0.2, 0.25) is 0 Å². The molecule has 1 spiro atoms. The summed E-state index contributed by atoms with van der Waals surface area (Å²) in [5.41, 5.74) is 11.7. The Labute approximate surface area is 213 Å². The number of amides is 1. The molecule has 10 nitrogen and oxygen atoms in total. The number of fused-ring (bicyclic) bond motifs is 1. The van der Waals surface area contributed by atoms with E-state index in [2.05, 4.69) is 35.9 Å². The van der Waals surface area contributed by atoms with Gasteiger partial charge in [0.1, 0.15) is 23.5 Å². The van der Waals surface area contributed by atoms with E-state index in [0.717, 1.165) is 60.0 Å². The maximum atomic E-state index is 11.0. The van der Waals surface area contributed by atoms with Crippen LogP contribution in [0.4, 0.5) is 10.6 Å². The molecule has 1 fully saturated rings. The zero-order valence-electron chi connectivity index (χ0n) is 20.4. The van der Waals surface area contributed by atoms with Crippen molar-refractivity contribution < 1.29 is 14.6 Å². The van der Waals surface area contributed by atoms with Crippen LogP contribution < -0.4 is 15.8 Å². The monoisotopic (exact) mass is 497 g/mol. The average molecular weight is 498 g/mol. The third kappa shape index (κ3) is 4.14. The SMILES string of the molecule is Cn1c(C2=CCC3(CC2)CC(NC(=O)O)C3)c(-c2ccc(Oc3ncccn3)cc2)c2c(N)ncnc21. The summed E-state index contributed by atoms with van der Waals surface area (Å²) >= 11 is 0. The average Bonchev–Trinajstić information content (AvgIpc) is 3.18. The Morgan fingerprint density at radius 2 is 1.92 bits per heavy atom. The van der Waals surface area contributed by atoms with Crippen LogP contribution in [-0.2, 0) is 7.05 Å². The van der Waals surface area contributed by atoms with Crippen molar-refractivity contribution in [3.63, 3.8) is 0 Å². The lowest BCUT2D eigenvalue weighted by molar-refractivity contribution is 0.0711. The Morgan fingerprint density at radius 1 is 1.16 bits per heavy atom. The number of allylic oxidation sites excluding steroid dienone is 2. The molecule has 3 aromatic heterocycles. The summed E-state index contributed by atoms with van der Waals surface area (Å²) in [6.45, 7) is 0. The number of benzene rings is 1. The molecule has 0 aliphatic heterocycles. The first-order chi connectivity index (χ1) is 17.9. The molecule has 0 atom stereocenters. The summed E-state index contributed by atoms with van der Waals surface area (Å²) in [6, 6.07) is 9.87. The van der Waals surface area contributed by atoms with E-state index in [9.17, 15) is 4.79 Å². The molecule has 1 saturated carbocycles. The van der Waals surface area contributed by atoms with Crippen LogP contribution in [0.5, 0.6) is 11.8 Å². The first kappa shape index (κ1) is 23.0. The molecular formula is C27H27N7O3. The lowest BCUT2D eigenvalue weighted by atomic mass is 9.59. The number of nitrogens with two attached hydrogens (primary N) is 1. The molecule has 0 radical (unpaired) electrons. The zero-order valence-corrected chi connectivity index (χ0v) is 20.4. The fourth-order valence-corrected chi connectivity index (χ4v) is 5.86. The van der Waals surface area contributed by atoms with E-state index >= 15 is 0 Å². The highest BCUT2D eigenvalue weighted by atomic mass is 16.5. The van der Waals surface area contributed by atoms with Crippen molar-refractivity contribution in [2.45, 2.75) is 38.1 Å². The van der Waals surface area contributed by atoms with Gasteiger partial charge in [0, 0.05) is 31.0 Å². The first-order valence-corrected chi connectivity index (χ1v) is 12.3. The van der Waals surface area contributed by atoms with Crippen LogP contribution >= 0.6 is 0 Å². The van der Waals surface area contributed by atoms with Gasteiger partial charge in [-0.05, 0) is 66.9 Å². The van der Waals surface area contributed by atoms with Crippen LogP contribution in [-0.4, -0.2) is 41.7 Å². The molecule has 2 aliphatic rings. The molecule has 37 heavy (non-hydrogen) atoms. The third-order valence-electron chi connectivity index (χ3n) is 7.59.